The zero-order valence-electron chi connectivity index (χ0n) is 15.0. The standard InChI is InChI=1S/C17H23FN4O3S2/c1-2-16(26)20-8-12-9-22(17(23)25-12)11-3-4-13(14(18)7-11)15-5-6-27(19,24)10-21-15/h3-4,7,12,15,19,21H,2,5-6,8-10H2,1H3,(H,20,26)/t12-,15?,27?/m0/s1. The summed E-state index contributed by atoms with van der Waals surface area (Å²) >= 11 is 5.10. The minimum Gasteiger partial charge on any atom is -0.442 e. The van der Waals surface area contributed by atoms with Crippen LogP contribution in [0.15, 0.2) is 18.2 Å². The Balaban J connectivity index is 1.67. The molecule has 3 N–H and O–H groups in total. The van der Waals surface area contributed by atoms with Crippen LogP contribution >= 0.6 is 12.2 Å². The van der Waals surface area contributed by atoms with Gasteiger partial charge in [0.2, 0.25) is 0 Å². The molecule has 1 aromatic carbocycles. The molecule has 2 saturated heterocycles. The number of benzene rings is 1. The van der Waals surface area contributed by atoms with Crippen LogP contribution < -0.4 is 15.5 Å². The summed E-state index contributed by atoms with van der Waals surface area (Å²) in [4.78, 5) is 14.2. The first-order valence-corrected chi connectivity index (χ1v) is 11.1. The molecular formula is C17H23FN4O3S2. The van der Waals surface area contributed by atoms with Gasteiger partial charge in [-0.15, -0.1) is 0 Å². The van der Waals surface area contributed by atoms with Crippen molar-refractivity contribution in [3.8, 4) is 0 Å². The van der Waals surface area contributed by atoms with E-state index in [1.807, 2.05) is 6.92 Å². The minimum absolute atomic E-state index is 0.0611. The molecule has 148 valence electrons. The lowest BCUT2D eigenvalue weighted by Gasteiger charge is -2.26. The van der Waals surface area contributed by atoms with Crippen LogP contribution in [-0.4, -0.2) is 46.1 Å². The highest BCUT2D eigenvalue weighted by molar-refractivity contribution is 7.92. The first kappa shape index (κ1) is 20.0. The smallest absolute Gasteiger partial charge is 0.414 e. The number of anilines is 1. The summed E-state index contributed by atoms with van der Waals surface area (Å²) in [5.74, 6) is -0.130. The molecule has 3 rings (SSSR count). The number of carbonyl (C=O) groups is 1. The molecule has 2 unspecified atom stereocenters. The van der Waals surface area contributed by atoms with Crippen molar-refractivity contribution in [2.24, 2.45) is 0 Å². The van der Waals surface area contributed by atoms with E-state index in [1.165, 1.54) is 11.0 Å². The molecule has 1 aromatic rings. The topological polar surface area (TPSA) is 94.5 Å². The maximum Gasteiger partial charge on any atom is 0.414 e. The molecule has 0 bridgehead atoms. The zero-order valence-corrected chi connectivity index (χ0v) is 16.6. The van der Waals surface area contributed by atoms with Crippen LogP contribution in [0, 0.1) is 10.6 Å². The third-order valence-electron chi connectivity index (χ3n) is 4.69. The van der Waals surface area contributed by atoms with E-state index < -0.39 is 21.6 Å². The molecule has 0 aliphatic carbocycles. The number of ether oxygens (including phenoxy) is 1. The van der Waals surface area contributed by atoms with E-state index in [-0.39, 0.29) is 23.8 Å². The molecular weight excluding hydrogens is 391 g/mol. The highest BCUT2D eigenvalue weighted by Crippen LogP contribution is 2.29. The van der Waals surface area contributed by atoms with Gasteiger partial charge in [0.15, 0.2) is 0 Å². The number of nitrogens with one attached hydrogen (secondary N) is 3. The first-order chi connectivity index (χ1) is 12.8. The molecule has 27 heavy (non-hydrogen) atoms. The normalized spacial score (nSPS) is 28.1. The van der Waals surface area contributed by atoms with Crippen molar-refractivity contribution in [2.45, 2.75) is 31.9 Å². The lowest BCUT2D eigenvalue weighted by molar-refractivity contribution is 0.143. The van der Waals surface area contributed by atoms with Gasteiger partial charge in [0.1, 0.15) is 11.9 Å². The van der Waals surface area contributed by atoms with Gasteiger partial charge < -0.3 is 10.1 Å². The average molecular weight is 415 g/mol. The average Bonchev–Trinajstić information content (AvgIpc) is 3.01. The van der Waals surface area contributed by atoms with Crippen LogP contribution in [0.3, 0.4) is 0 Å². The predicted octanol–water partition coefficient (Wildman–Crippen LogP) is 2.52. The maximum absolute atomic E-state index is 14.6. The summed E-state index contributed by atoms with van der Waals surface area (Å²) in [6, 6.07) is 4.35. The molecule has 0 saturated carbocycles. The summed E-state index contributed by atoms with van der Waals surface area (Å²) in [6.07, 6.45) is 0.294. The van der Waals surface area contributed by atoms with E-state index in [0.717, 1.165) is 6.42 Å². The molecule has 7 nitrogen and oxygen atoms in total. The second kappa shape index (κ2) is 8.07. The summed E-state index contributed by atoms with van der Waals surface area (Å²) in [5, 5.41) is 6.02. The Kier molecular flexibility index (Phi) is 5.97. The van der Waals surface area contributed by atoms with Gasteiger partial charge in [-0.05, 0) is 25.0 Å². The molecule has 2 fully saturated rings. The molecule has 1 amide bonds. The highest BCUT2D eigenvalue weighted by atomic mass is 32.2. The van der Waals surface area contributed by atoms with E-state index in [9.17, 15) is 13.4 Å². The maximum atomic E-state index is 14.6. The number of thiocarbonyl (C=S) groups is 1. The molecule has 2 aliphatic rings. The van der Waals surface area contributed by atoms with Crippen LogP contribution in [0.25, 0.3) is 0 Å². The monoisotopic (exact) mass is 414 g/mol. The Hall–Kier alpha value is -1.78. The summed E-state index contributed by atoms with van der Waals surface area (Å²) < 4.78 is 39.3. The van der Waals surface area contributed by atoms with Gasteiger partial charge in [-0.25, -0.2) is 13.4 Å². The number of halogens is 1. The van der Waals surface area contributed by atoms with Crippen LogP contribution in [0.1, 0.15) is 31.4 Å². The van der Waals surface area contributed by atoms with Gasteiger partial charge in [-0.3, -0.25) is 15.0 Å². The predicted molar refractivity (Wildman–Crippen MR) is 106 cm³/mol. The highest BCUT2D eigenvalue weighted by Gasteiger charge is 2.33. The van der Waals surface area contributed by atoms with Gasteiger partial charge in [-0.1, -0.05) is 25.2 Å². The SMILES string of the molecule is CCC(=S)NC[C@H]1CN(c2ccc(C3CCS(=N)(=O)CN3)c(F)c2)C(=O)O1. The second-order valence-corrected chi connectivity index (χ2v) is 9.50. The van der Waals surface area contributed by atoms with Crippen molar-refractivity contribution >= 4 is 38.7 Å². The molecule has 10 heteroatoms. The van der Waals surface area contributed by atoms with Crippen LogP contribution in [0.4, 0.5) is 14.9 Å². The van der Waals surface area contributed by atoms with Crippen LogP contribution in [0.5, 0.6) is 0 Å². The van der Waals surface area contributed by atoms with E-state index >= 15 is 0 Å². The van der Waals surface area contributed by atoms with Crippen LogP contribution in [0.2, 0.25) is 0 Å². The van der Waals surface area contributed by atoms with E-state index in [0.29, 0.717) is 35.7 Å². The fourth-order valence-corrected chi connectivity index (χ4v) is 4.46. The van der Waals surface area contributed by atoms with Crippen LogP contribution in [-0.2, 0) is 14.5 Å². The quantitative estimate of drug-likeness (QED) is 0.641. The van der Waals surface area contributed by atoms with E-state index in [2.05, 4.69) is 10.6 Å². The number of nitrogens with zero attached hydrogens (tertiary/aromatic N) is 1. The number of hydrogen-bond acceptors (Lipinski definition) is 6. The third-order valence-corrected chi connectivity index (χ3v) is 6.65. The number of hydrogen-bond donors (Lipinski definition) is 3. The minimum atomic E-state index is -2.60. The molecule has 3 atom stereocenters. The fourth-order valence-electron chi connectivity index (χ4n) is 3.14. The zero-order chi connectivity index (χ0) is 19.6. The lowest BCUT2D eigenvalue weighted by Crippen LogP contribution is -2.36. The Morgan fingerprint density at radius 1 is 1.56 bits per heavy atom. The number of amides is 1. The summed E-state index contributed by atoms with van der Waals surface area (Å²) in [6.45, 7) is 2.68. The molecule has 0 spiro atoms. The van der Waals surface area contributed by atoms with Crippen molar-refractivity contribution in [3.63, 3.8) is 0 Å². The molecule has 2 heterocycles. The third kappa shape index (κ3) is 4.74. The number of cyclic esters (lactones) is 1. The molecule has 2 aliphatic heterocycles. The fraction of sp³-hybridized carbons (Fsp3) is 0.529. The summed E-state index contributed by atoms with van der Waals surface area (Å²) in [5.41, 5.74) is 0.884. The van der Waals surface area contributed by atoms with Gasteiger partial charge >= 0.3 is 6.09 Å². The molecule has 0 aromatic heterocycles. The Morgan fingerprint density at radius 3 is 2.96 bits per heavy atom. The lowest BCUT2D eigenvalue weighted by atomic mass is 10.0. The Labute approximate surface area is 163 Å². The first-order valence-electron chi connectivity index (χ1n) is 8.81. The largest absolute Gasteiger partial charge is 0.442 e. The van der Waals surface area contributed by atoms with Gasteiger partial charge in [0.05, 0.1) is 39.4 Å². The van der Waals surface area contributed by atoms with E-state index in [4.69, 9.17) is 21.7 Å². The molecule has 0 radical (unpaired) electrons. The van der Waals surface area contributed by atoms with Crippen molar-refractivity contribution in [1.29, 1.82) is 4.78 Å². The van der Waals surface area contributed by atoms with E-state index in [1.54, 1.807) is 12.1 Å². The number of rotatable bonds is 5. The van der Waals surface area contributed by atoms with Crippen molar-refractivity contribution in [2.75, 3.05) is 29.6 Å². The van der Waals surface area contributed by atoms with Crippen molar-refractivity contribution in [1.82, 2.24) is 10.6 Å². The van der Waals surface area contributed by atoms with Crippen molar-refractivity contribution < 1.29 is 18.1 Å². The Morgan fingerprint density at radius 2 is 2.33 bits per heavy atom. The Bertz CT molecular complexity index is 833. The second-order valence-electron chi connectivity index (χ2n) is 6.69. The number of carbonyl (C=O) groups excluding carboxylic acids is 1. The van der Waals surface area contributed by atoms with Gasteiger partial charge in [0, 0.05) is 17.4 Å². The van der Waals surface area contributed by atoms with Gasteiger partial charge in [-0.2, -0.15) is 0 Å². The van der Waals surface area contributed by atoms with Crippen molar-refractivity contribution in [3.05, 3.63) is 29.6 Å². The van der Waals surface area contributed by atoms with Gasteiger partial charge in [0.25, 0.3) is 0 Å². The summed E-state index contributed by atoms with van der Waals surface area (Å²) in [7, 11) is -2.60.